The van der Waals surface area contributed by atoms with Crippen molar-refractivity contribution in [2.75, 3.05) is 37.4 Å². The van der Waals surface area contributed by atoms with Crippen LogP contribution in [0.5, 0.6) is 0 Å². The van der Waals surface area contributed by atoms with Crippen molar-refractivity contribution in [3.8, 4) is 0 Å². The Morgan fingerprint density at radius 2 is 1.92 bits per heavy atom. The van der Waals surface area contributed by atoms with E-state index in [4.69, 9.17) is 4.74 Å². The normalized spacial score (nSPS) is 23.0. The van der Waals surface area contributed by atoms with Crippen molar-refractivity contribution in [3.05, 3.63) is 48.2 Å². The number of sulfonamides is 1. The van der Waals surface area contributed by atoms with Gasteiger partial charge in [0.25, 0.3) is 0 Å². The number of aromatic nitrogens is 4. The molecule has 2 fully saturated rings. The Labute approximate surface area is 219 Å². The summed E-state index contributed by atoms with van der Waals surface area (Å²) in [6.45, 7) is 4.30. The van der Waals surface area contributed by atoms with E-state index in [2.05, 4.69) is 44.9 Å². The zero-order chi connectivity index (χ0) is 25.8. The highest BCUT2D eigenvalue weighted by Crippen LogP contribution is 2.33. The third-order valence-corrected chi connectivity index (χ3v) is 10.0. The summed E-state index contributed by atoms with van der Waals surface area (Å²) in [6, 6.07) is 6.45. The molecular formula is C27H38N6O3S. The predicted octanol–water partition coefficient (Wildman–Crippen LogP) is 3.78. The SMILES string of the molecule is CCc1ccc(COC[C@H]2CCN(S(=O)(=O)CC3CCC(N(C)c4ncnc5[nH]ccc45)CC3)C2)nc1. The summed E-state index contributed by atoms with van der Waals surface area (Å²) in [7, 11) is -1.18. The number of aryl methyl sites for hydroxylation is 1. The number of pyridine rings is 1. The average molecular weight is 527 g/mol. The van der Waals surface area contributed by atoms with Crippen LogP contribution in [-0.4, -0.2) is 71.2 Å². The van der Waals surface area contributed by atoms with Crippen LogP contribution in [0.3, 0.4) is 0 Å². The van der Waals surface area contributed by atoms with E-state index in [1.807, 2.05) is 24.5 Å². The first-order valence-electron chi connectivity index (χ1n) is 13.4. The van der Waals surface area contributed by atoms with Gasteiger partial charge in [0.05, 0.1) is 30.0 Å². The summed E-state index contributed by atoms with van der Waals surface area (Å²) in [5.74, 6) is 1.63. The highest BCUT2D eigenvalue weighted by molar-refractivity contribution is 7.89. The van der Waals surface area contributed by atoms with Gasteiger partial charge in [0.15, 0.2) is 0 Å². The summed E-state index contributed by atoms with van der Waals surface area (Å²) in [5.41, 5.74) is 2.97. The van der Waals surface area contributed by atoms with Crippen LogP contribution >= 0.6 is 0 Å². The van der Waals surface area contributed by atoms with Crippen LogP contribution < -0.4 is 4.90 Å². The number of nitrogens with zero attached hydrogens (tertiary/aromatic N) is 5. The molecule has 5 rings (SSSR count). The summed E-state index contributed by atoms with van der Waals surface area (Å²) < 4.78 is 34.0. The van der Waals surface area contributed by atoms with E-state index in [0.717, 1.165) is 61.1 Å². The second kappa shape index (κ2) is 11.4. The Bertz CT molecular complexity index is 1270. The van der Waals surface area contributed by atoms with Crippen LogP contribution in [0.25, 0.3) is 11.0 Å². The number of H-pyrrole nitrogens is 1. The van der Waals surface area contributed by atoms with Crippen molar-refractivity contribution < 1.29 is 13.2 Å². The lowest BCUT2D eigenvalue weighted by molar-refractivity contribution is 0.0888. The molecule has 0 radical (unpaired) electrons. The molecule has 1 aliphatic carbocycles. The minimum absolute atomic E-state index is 0.208. The van der Waals surface area contributed by atoms with Crippen LogP contribution in [-0.2, 0) is 27.8 Å². The van der Waals surface area contributed by atoms with Gasteiger partial charge < -0.3 is 14.6 Å². The number of aromatic amines is 1. The minimum Gasteiger partial charge on any atom is -0.375 e. The Morgan fingerprint density at radius 3 is 2.68 bits per heavy atom. The molecule has 0 spiro atoms. The number of hydrogen-bond acceptors (Lipinski definition) is 7. The van der Waals surface area contributed by atoms with Crippen LogP contribution in [0.1, 0.15) is 50.3 Å². The third kappa shape index (κ3) is 6.13. The smallest absolute Gasteiger partial charge is 0.214 e. The quantitative estimate of drug-likeness (QED) is 0.429. The molecule has 200 valence electrons. The van der Waals surface area contributed by atoms with E-state index in [1.165, 1.54) is 5.56 Å². The monoisotopic (exact) mass is 526 g/mol. The van der Waals surface area contributed by atoms with E-state index in [9.17, 15) is 8.42 Å². The zero-order valence-corrected chi connectivity index (χ0v) is 22.7. The van der Waals surface area contributed by atoms with Gasteiger partial charge in [0.1, 0.15) is 17.8 Å². The van der Waals surface area contributed by atoms with E-state index >= 15 is 0 Å². The molecule has 9 nitrogen and oxygen atoms in total. The fraction of sp³-hybridized carbons (Fsp3) is 0.593. The summed E-state index contributed by atoms with van der Waals surface area (Å²) >= 11 is 0. The molecule has 0 aromatic carbocycles. The van der Waals surface area contributed by atoms with Gasteiger partial charge >= 0.3 is 0 Å². The van der Waals surface area contributed by atoms with Crippen molar-refractivity contribution in [2.45, 2.75) is 58.1 Å². The van der Waals surface area contributed by atoms with E-state index < -0.39 is 10.0 Å². The molecule has 1 saturated heterocycles. The average Bonchev–Trinajstić information content (AvgIpc) is 3.59. The number of anilines is 1. The Morgan fingerprint density at radius 1 is 1.08 bits per heavy atom. The molecule has 0 bridgehead atoms. The Balaban J connectivity index is 1.07. The maximum Gasteiger partial charge on any atom is 0.214 e. The van der Waals surface area contributed by atoms with Gasteiger partial charge in [-0.2, -0.15) is 0 Å². The number of rotatable bonds is 10. The van der Waals surface area contributed by atoms with Crippen molar-refractivity contribution in [1.29, 1.82) is 0 Å². The topological polar surface area (TPSA) is 104 Å². The minimum atomic E-state index is -3.26. The first-order valence-corrected chi connectivity index (χ1v) is 15.0. The van der Waals surface area contributed by atoms with Crippen molar-refractivity contribution in [3.63, 3.8) is 0 Å². The summed E-state index contributed by atoms with van der Waals surface area (Å²) in [5, 5.41) is 1.02. The Hall–Kier alpha value is -2.56. The largest absolute Gasteiger partial charge is 0.375 e. The summed E-state index contributed by atoms with van der Waals surface area (Å²) in [4.78, 5) is 18.6. The van der Waals surface area contributed by atoms with Gasteiger partial charge in [-0.05, 0) is 68.1 Å². The first-order chi connectivity index (χ1) is 17.9. The van der Waals surface area contributed by atoms with Gasteiger partial charge in [-0.15, -0.1) is 0 Å². The highest BCUT2D eigenvalue weighted by Gasteiger charge is 2.35. The molecule has 37 heavy (non-hydrogen) atoms. The van der Waals surface area contributed by atoms with Crippen molar-refractivity contribution in [1.82, 2.24) is 24.2 Å². The van der Waals surface area contributed by atoms with Crippen LogP contribution in [0, 0.1) is 11.8 Å². The molecule has 2 aliphatic rings. The first kappa shape index (κ1) is 26.1. The number of ether oxygens (including phenoxy) is 1. The molecule has 10 heteroatoms. The molecule has 3 aromatic heterocycles. The lowest BCUT2D eigenvalue weighted by atomic mass is 9.86. The molecule has 1 atom stereocenters. The summed E-state index contributed by atoms with van der Waals surface area (Å²) in [6.07, 6.45) is 11.0. The fourth-order valence-corrected chi connectivity index (χ4v) is 7.64. The maximum absolute atomic E-state index is 13.2. The standard InChI is InChI=1S/C27H38N6O3S/c1-3-20-4-7-23(29-14-20)17-36-16-22-11-13-33(15-22)37(34,35)18-21-5-8-24(9-6-21)32(2)27-25-10-12-28-26(25)30-19-31-27/h4,7,10,12,14,19,21-22,24H,3,5-6,8-9,11,13,15-18H2,1-2H3,(H,28,30,31)/t21?,22-,24?/m0/s1. The van der Waals surface area contributed by atoms with Crippen molar-refractivity contribution >= 4 is 26.9 Å². The van der Waals surface area contributed by atoms with Crippen LogP contribution in [0.15, 0.2) is 36.9 Å². The highest BCUT2D eigenvalue weighted by atomic mass is 32.2. The molecule has 3 aromatic rings. The molecule has 4 heterocycles. The second-order valence-electron chi connectivity index (χ2n) is 10.5. The molecule has 1 N–H and O–H groups in total. The second-order valence-corrected chi connectivity index (χ2v) is 12.6. The van der Waals surface area contributed by atoms with Crippen LogP contribution in [0.2, 0.25) is 0 Å². The van der Waals surface area contributed by atoms with Gasteiger partial charge in [-0.3, -0.25) is 4.98 Å². The van der Waals surface area contributed by atoms with Crippen LogP contribution in [0.4, 0.5) is 5.82 Å². The predicted molar refractivity (Wildman–Crippen MR) is 145 cm³/mol. The Kier molecular flexibility index (Phi) is 8.07. The van der Waals surface area contributed by atoms with Gasteiger partial charge in [0, 0.05) is 38.6 Å². The van der Waals surface area contributed by atoms with Gasteiger partial charge in [0.2, 0.25) is 10.0 Å². The van der Waals surface area contributed by atoms with E-state index in [1.54, 1.807) is 10.6 Å². The number of fused-ring (bicyclic) bond motifs is 1. The third-order valence-electron chi connectivity index (χ3n) is 8.02. The number of nitrogens with one attached hydrogen (secondary N) is 1. The molecule has 1 saturated carbocycles. The molecular weight excluding hydrogens is 488 g/mol. The molecule has 1 aliphatic heterocycles. The zero-order valence-electron chi connectivity index (χ0n) is 21.8. The van der Waals surface area contributed by atoms with E-state index in [-0.39, 0.29) is 17.6 Å². The lowest BCUT2D eigenvalue weighted by Crippen LogP contribution is -2.39. The van der Waals surface area contributed by atoms with Crippen molar-refractivity contribution in [2.24, 2.45) is 11.8 Å². The lowest BCUT2D eigenvalue weighted by Gasteiger charge is -2.35. The van der Waals surface area contributed by atoms with Gasteiger partial charge in [-0.25, -0.2) is 22.7 Å². The maximum atomic E-state index is 13.2. The van der Waals surface area contributed by atoms with Gasteiger partial charge in [-0.1, -0.05) is 13.0 Å². The fourth-order valence-electron chi connectivity index (χ4n) is 5.68. The van der Waals surface area contributed by atoms with E-state index in [0.29, 0.717) is 32.3 Å². The molecule has 0 amide bonds. The number of hydrogen-bond donors (Lipinski definition) is 1. The molecule has 0 unspecified atom stereocenters.